The third kappa shape index (κ3) is 3.68. The van der Waals surface area contributed by atoms with Crippen molar-refractivity contribution in [1.82, 2.24) is 19.7 Å². The van der Waals surface area contributed by atoms with E-state index in [0.717, 1.165) is 22.5 Å². The molecule has 1 aromatic carbocycles. The lowest BCUT2D eigenvalue weighted by Crippen LogP contribution is -2.03. The SMILES string of the molecule is CCOc1ncc(Cn2cnc(C)n2)cc1-c1cccc(Cl)c1. The molecule has 5 nitrogen and oxygen atoms in total. The summed E-state index contributed by atoms with van der Waals surface area (Å²) in [6.45, 7) is 4.97. The van der Waals surface area contributed by atoms with Gasteiger partial charge in [-0.1, -0.05) is 23.7 Å². The molecule has 0 amide bonds. The molecular weight excluding hydrogens is 312 g/mol. The van der Waals surface area contributed by atoms with E-state index < -0.39 is 0 Å². The minimum atomic E-state index is 0.558. The lowest BCUT2D eigenvalue weighted by molar-refractivity contribution is 0.328. The van der Waals surface area contributed by atoms with Gasteiger partial charge in [-0.05, 0) is 43.2 Å². The van der Waals surface area contributed by atoms with Crippen LogP contribution in [0.15, 0.2) is 42.9 Å². The summed E-state index contributed by atoms with van der Waals surface area (Å²) in [5.74, 6) is 1.35. The second kappa shape index (κ2) is 6.79. The third-order valence-corrected chi connectivity index (χ3v) is 3.56. The van der Waals surface area contributed by atoms with Gasteiger partial charge in [0.25, 0.3) is 0 Å². The molecule has 6 heteroatoms. The Bertz CT molecular complexity index is 816. The Morgan fingerprint density at radius 3 is 2.78 bits per heavy atom. The van der Waals surface area contributed by atoms with Crippen molar-refractivity contribution in [3.8, 4) is 17.0 Å². The van der Waals surface area contributed by atoms with Crippen molar-refractivity contribution >= 4 is 11.6 Å². The van der Waals surface area contributed by atoms with Crippen LogP contribution in [0, 0.1) is 6.92 Å². The zero-order valence-electron chi connectivity index (χ0n) is 13.0. The number of halogens is 1. The van der Waals surface area contributed by atoms with Gasteiger partial charge in [0.2, 0.25) is 5.88 Å². The molecule has 0 fully saturated rings. The molecule has 0 aliphatic heterocycles. The molecule has 0 atom stereocenters. The highest BCUT2D eigenvalue weighted by Crippen LogP contribution is 2.30. The first-order valence-corrected chi connectivity index (χ1v) is 7.77. The number of pyridine rings is 1. The van der Waals surface area contributed by atoms with Crippen LogP contribution in [0.25, 0.3) is 11.1 Å². The Labute approximate surface area is 139 Å². The van der Waals surface area contributed by atoms with E-state index in [0.29, 0.717) is 24.1 Å². The Morgan fingerprint density at radius 2 is 2.09 bits per heavy atom. The van der Waals surface area contributed by atoms with Crippen LogP contribution in [0.3, 0.4) is 0 Å². The van der Waals surface area contributed by atoms with Crippen LogP contribution >= 0.6 is 11.6 Å². The molecule has 0 saturated carbocycles. The number of rotatable bonds is 5. The number of aryl methyl sites for hydroxylation is 1. The molecular formula is C17H17ClN4O. The van der Waals surface area contributed by atoms with Crippen LogP contribution < -0.4 is 4.74 Å². The average molecular weight is 329 g/mol. The molecule has 3 aromatic rings. The highest BCUT2D eigenvalue weighted by molar-refractivity contribution is 6.30. The molecule has 0 N–H and O–H groups in total. The normalized spacial score (nSPS) is 10.7. The maximum absolute atomic E-state index is 6.11. The molecule has 0 spiro atoms. The molecule has 0 saturated heterocycles. The zero-order chi connectivity index (χ0) is 16.2. The Balaban J connectivity index is 1.99. The molecule has 2 aromatic heterocycles. The van der Waals surface area contributed by atoms with Crippen molar-refractivity contribution in [1.29, 1.82) is 0 Å². The molecule has 118 valence electrons. The lowest BCUT2D eigenvalue weighted by Gasteiger charge is -2.11. The summed E-state index contributed by atoms with van der Waals surface area (Å²) in [6.07, 6.45) is 3.51. The summed E-state index contributed by atoms with van der Waals surface area (Å²) in [5.41, 5.74) is 2.92. The van der Waals surface area contributed by atoms with Gasteiger partial charge in [0.1, 0.15) is 12.2 Å². The molecule has 0 aliphatic rings. The topological polar surface area (TPSA) is 52.8 Å². The van der Waals surface area contributed by atoms with Crippen molar-refractivity contribution in [2.75, 3.05) is 6.61 Å². The molecule has 0 bridgehead atoms. The van der Waals surface area contributed by atoms with E-state index >= 15 is 0 Å². The van der Waals surface area contributed by atoms with E-state index in [1.165, 1.54) is 0 Å². The number of hydrogen-bond acceptors (Lipinski definition) is 4. The maximum Gasteiger partial charge on any atom is 0.221 e. The first-order valence-electron chi connectivity index (χ1n) is 7.39. The summed E-state index contributed by atoms with van der Waals surface area (Å²) in [5, 5.41) is 4.99. The number of hydrogen-bond donors (Lipinski definition) is 0. The highest BCUT2D eigenvalue weighted by atomic mass is 35.5. The van der Waals surface area contributed by atoms with Crippen LogP contribution in [0.4, 0.5) is 0 Å². The minimum absolute atomic E-state index is 0.558. The van der Waals surface area contributed by atoms with Crippen molar-refractivity contribution < 1.29 is 4.74 Å². The fourth-order valence-corrected chi connectivity index (χ4v) is 2.54. The quantitative estimate of drug-likeness (QED) is 0.715. The Morgan fingerprint density at radius 1 is 1.22 bits per heavy atom. The van der Waals surface area contributed by atoms with Crippen molar-refractivity contribution in [3.05, 3.63) is 59.3 Å². The van der Waals surface area contributed by atoms with Gasteiger partial charge in [0, 0.05) is 16.8 Å². The van der Waals surface area contributed by atoms with Crippen LogP contribution in [0.1, 0.15) is 18.3 Å². The van der Waals surface area contributed by atoms with Crippen molar-refractivity contribution in [3.63, 3.8) is 0 Å². The van der Waals surface area contributed by atoms with E-state index in [9.17, 15) is 0 Å². The second-order valence-electron chi connectivity index (χ2n) is 5.13. The number of ether oxygens (including phenoxy) is 1. The van der Waals surface area contributed by atoms with Gasteiger partial charge in [-0.25, -0.2) is 14.6 Å². The van der Waals surface area contributed by atoms with Gasteiger partial charge in [-0.2, -0.15) is 5.10 Å². The molecule has 3 rings (SSSR count). The van der Waals surface area contributed by atoms with Crippen LogP contribution in [-0.2, 0) is 6.54 Å². The number of benzene rings is 1. The van der Waals surface area contributed by atoms with Gasteiger partial charge in [-0.15, -0.1) is 0 Å². The molecule has 0 unspecified atom stereocenters. The molecule has 0 radical (unpaired) electrons. The fourth-order valence-electron chi connectivity index (χ4n) is 2.35. The van der Waals surface area contributed by atoms with E-state index in [1.807, 2.05) is 38.1 Å². The first kappa shape index (κ1) is 15.5. The fraction of sp³-hybridized carbons (Fsp3) is 0.235. The van der Waals surface area contributed by atoms with E-state index in [2.05, 4.69) is 21.1 Å². The predicted molar refractivity (Wildman–Crippen MR) is 89.7 cm³/mol. The van der Waals surface area contributed by atoms with Gasteiger partial charge in [0.05, 0.1) is 13.2 Å². The highest BCUT2D eigenvalue weighted by Gasteiger charge is 2.10. The summed E-state index contributed by atoms with van der Waals surface area (Å²) in [7, 11) is 0. The smallest absolute Gasteiger partial charge is 0.221 e. The summed E-state index contributed by atoms with van der Waals surface area (Å²) in [4.78, 5) is 8.59. The Kier molecular flexibility index (Phi) is 4.57. The van der Waals surface area contributed by atoms with Gasteiger partial charge < -0.3 is 4.74 Å². The van der Waals surface area contributed by atoms with Crippen LogP contribution in [0.5, 0.6) is 5.88 Å². The Hall–Kier alpha value is -2.40. The van der Waals surface area contributed by atoms with Gasteiger partial charge >= 0.3 is 0 Å². The number of nitrogens with zero attached hydrogens (tertiary/aromatic N) is 4. The monoisotopic (exact) mass is 328 g/mol. The second-order valence-corrected chi connectivity index (χ2v) is 5.57. The third-order valence-electron chi connectivity index (χ3n) is 3.32. The maximum atomic E-state index is 6.11. The molecule has 23 heavy (non-hydrogen) atoms. The lowest BCUT2D eigenvalue weighted by atomic mass is 10.1. The largest absolute Gasteiger partial charge is 0.478 e. The predicted octanol–water partition coefficient (Wildman–Crippen LogP) is 3.75. The molecule has 0 aliphatic carbocycles. The summed E-state index contributed by atoms with van der Waals surface area (Å²) < 4.78 is 7.44. The summed E-state index contributed by atoms with van der Waals surface area (Å²) in [6, 6.07) is 9.72. The minimum Gasteiger partial charge on any atom is -0.478 e. The van der Waals surface area contributed by atoms with Crippen molar-refractivity contribution in [2.45, 2.75) is 20.4 Å². The van der Waals surface area contributed by atoms with Crippen molar-refractivity contribution in [2.24, 2.45) is 0 Å². The van der Waals surface area contributed by atoms with Gasteiger partial charge in [0.15, 0.2) is 0 Å². The first-order chi connectivity index (χ1) is 11.2. The average Bonchev–Trinajstić information content (AvgIpc) is 2.94. The van der Waals surface area contributed by atoms with Gasteiger partial charge in [-0.3, -0.25) is 0 Å². The van der Waals surface area contributed by atoms with Crippen LogP contribution in [-0.4, -0.2) is 26.4 Å². The number of aromatic nitrogens is 4. The van der Waals surface area contributed by atoms with E-state index in [-0.39, 0.29) is 0 Å². The van der Waals surface area contributed by atoms with E-state index in [4.69, 9.17) is 16.3 Å². The molecule has 2 heterocycles. The standard InChI is InChI=1S/C17H17ClN4O/c1-3-23-17-16(14-5-4-6-15(18)8-14)7-13(9-19-17)10-22-11-20-12(2)21-22/h4-9,11H,3,10H2,1-2H3. The zero-order valence-corrected chi connectivity index (χ0v) is 13.8. The summed E-state index contributed by atoms with van der Waals surface area (Å²) >= 11 is 6.11. The van der Waals surface area contributed by atoms with Crippen LogP contribution in [0.2, 0.25) is 5.02 Å². The van der Waals surface area contributed by atoms with E-state index in [1.54, 1.807) is 17.2 Å².